The van der Waals surface area contributed by atoms with E-state index < -0.39 is 9.84 Å². The molecule has 0 aliphatic rings. The number of hydrogen-bond acceptors (Lipinski definition) is 2. The molecule has 2 N–H and O–H groups in total. The zero-order valence-corrected chi connectivity index (χ0v) is 15.8. The zero-order valence-electron chi connectivity index (χ0n) is 13.4. The Balaban J connectivity index is 2.01. The van der Waals surface area contributed by atoms with Gasteiger partial charge in [-0.2, -0.15) is 0 Å². The van der Waals surface area contributed by atoms with Crippen LogP contribution in [0.15, 0.2) is 64.0 Å². The Morgan fingerprint density at radius 2 is 1.61 bits per heavy atom. The van der Waals surface area contributed by atoms with Gasteiger partial charge in [-0.05, 0) is 24.3 Å². The zero-order chi connectivity index (χ0) is 16.9. The molecule has 0 heterocycles. The van der Waals surface area contributed by atoms with Gasteiger partial charge in [0.1, 0.15) is 11.8 Å². The molecule has 0 aliphatic carbocycles. The summed E-state index contributed by atoms with van der Waals surface area (Å²) in [4.78, 5) is 0.384. The number of quaternary nitrogens is 1. The number of rotatable bonds is 7. The van der Waals surface area contributed by atoms with Crippen LogP contribution in [0.1, 0.15) is 25.5 Å². The first kappa shape index (κ1) is 18.2. The van der Waals surface area contributed by atoms with E-state index in [4.69, 9.17) is 0 Å². The molecule has 0 aliphatic heterocycles. The van der Waals surface area contributed by atoms with Gasteiger partial charge in [-0.25, -0.2) is 8.42 Å². The van der Waals surface area contributed by atoms with E-state index in [2.05, 4.69) is 47.2 Å². The summed E-state index contributed by atoms with van der Waals surface area (Å²) in [6, 6.07) is 17.3. The van der Waals surface area contributed by atoms with E-state index in [-0.39, 0.29) is 11.8 Å². The van der Waals surface area contributed by atoms with Crippen LogP contribution < -0.4 is 5.32 Å². The Bertz CT molecular complexity index is 712. The molecule has 0 aromatic heterocycles. The summed E-state index contributed by atoms with van der Waals surface area (Å²) in [5, 5.41) is 2.14. The van der Waals surface area contributed by atoms with Crippen LogP contribution in [0.2, 0.25) is 0 Å². The average Bonchev–Trinajstić information content (AvgIpc) is 2.52. The smallest absolute Gasteiger partial charge is 0.183 e. The maximum Gasteiger partial charge on any atom is 0.183 e. The minimum absolute atomic E-state index is 0.144. The molecular weight excluding hydrogens is 374 g/mol. The van der Waals surface area contributed by atoms with Crippen LogP contribution >= 0.6 is 15.9 Å². The standard InChI is InChI=1S/C18H22BrNO2S/c1-14(2)18(15-6-4-3-5-7-15)20-12-13-23(21,22)17-10-8-16(19)9-11-17/h3-11,14,18,20H,12-13H2,1-2H3/p+1/t18-/m1/s1. The number of halogens is 1. The number of sulfone groups is 1. The third kappa shape index (κ3) is 5.16. The largest absolute Gasteiger partial charge is 0.339 e. The molecule has 3 nitrogen and oxygen atoms in total. The van der Waals surface area contributed by atoms with Crippen LogP contribution in [0.5, 0.6) is 0 Å². The highest BCUT2D eigenvalue weighted by molar-refractivity contribution is 9.10. The molecule has 2 aromatic carbocycles. The van der Waals surface area contributed by atoms with Crippen molar-refractivity contribution in [2.75, 3.05) is 12.3 Å². The van der Waals surface area contributed by atoms with Gasteiger partial charge in [0.15, 0.2) is 9.84 Å². The number of hydrogen-bond donors (Lipinski definition) is 1. The van der Waals surface area contributed by atoms with Gasteiger partial charge in [0, 0.05) is 16.0 Å². The summed E-state index contributed by atoms with van der Waals surface area (Å²) in [5.74, 6) is 0.581. The highest BCUT2D eigenvalue weighted by Crippen LogP contribution is 2.18. The molecule has 0 saturated heterocycles. The third-order valence-electron chi connectivity index (χ3n) is 3.88. The lowest BCUT2D eigenvalue weighted by Crippen LogP contribution is -2.87. The van der Waals surface area contributed by atoms with Crippen LogP contribution in [-0.4, -0.2) is 20.7 Å². The first-order valence-corrected chi connectivity index (χ1v) is 10.2. The van der Waals surface area contributed by atoms with E-state index in [1.54, 1.807) is 24.3 Å². The van der Waals surface area contributed by atoms with Gasteiger partial charge in [-0.1, -0.05) is 60.1 Å². The van der Waals surface area contributed by atoms with Crippen molar-refractivity contribution in [1.82, 2.24) is 0 Å². The van der Waals surface area contributed by atoms with Crippen LogP contribution in [0.25, 0.3) is 0 Å². The van der Waals surface area contributed by atoms with Gasteiger partial charge in [-0.3, -0.25) is 0 Å². The molecule has 124 valence electrons. The van der Waals surface area contributed by atoms with Gasteiger partial charge < -0.3 is 5.32 Å². The van der Waals surface area contributed by atoms with Gasteiger partial charge in [0.2, 0.25) is 0 Å². The molecule has 23 heavy (non-hydrogen) atoms. The Hall–Kier alpha value is -1.17. The molecule has 0 saturated carbocycles. The molecule has 0 fully saturated rings. The van der Waals surface area contributed by atoms with Gasteiger partial charge in [0.05, 0.1) is 11.4 Å². The van der Waals surface area contributed by atoms with E-state index >= 15 is 0 Å². The Kier molecular flexibility index (Phi) is 6.39. The summed E-state index contributed by atoms with van der Waals surface area (Å²) < 4.78 is 25.7. The summed E-state index contributed by atoms with van der Waals surface area (Å²) in [5.41, 5.74) is 1.24. The van der Waals surface area contributed by atoms with Crippen LogP contribution in [0.3, 0.4) is 0 Å². The maximum absolute atomic E-state index is 12.4. The number of nitrogens with two attached hydrogens (primary N) is 1. The molecule has 5 heteroatoms. The molecule has 0 amide bonds. The molecule has 0 bridgehead atoms. The third-order valence-corrected chi connectivity index (χ3v) is 6.17. The Labute approximate surface area is 147 Å². The lowest BCUT2D eigenvalue weighted by atomic mass is 9.96. The minimum Gasteiger partial charge on any atom is -0.339 e. The monoisotopic (exact) mass is 396 g/mol. The predicted molar refractivity (Wildman–Crippen MR) is 97.0 cm³/mol. The quantitative estimate of drug-likeness (QED) is 0.780. The Morgan fingerprint density at radius 1 is 1.00 bits per heavy atom. The normalized spacial score (nSPS) is 13.2. The molecule has 2 aromatic rings. The van der Waals surface area contributed by atoms with Crippen molar-refractivity contribution in [1.29, 1.82) is 0 Å². The molecule has 0 radical (unpaired) electrons. The van der Waals surface area contributed by atoms with Crippen molar-refractivity contribution in [3.63, 3.8) is 0 Å². The second kappa shape index (κ2) is 8.08. The van der Waals surface area contributed by atoms with Gasteiger partial charge in [0.25, 0.3) is 0 Å². The topological polar surface area (TPSA) is 50.8 Å². The van der Waals surface area contributed by atoms with Gasteiger partial charge >= 0.3 is 0 Å². The van der Waals surface area contributed by atoms with E-state index in [1.165, 1.54) is 5.56 Å². The highest BCUT2D eigenvalue weighted by Gasteiger charge is 2.21. The summed E-state index contributed by atoms with van der Waals surface area (Å²) in [7, 11) is -3.23. The highest BCUT2D eigenvalue weighted by atomic mass is 79.9. The maximum atomic E-state index is 12.4. The van der Waals surface area contributed by atoms with Crippen molar-refractivity contribution >= 4 is 25.8 Å². The number of benzene rings is 2. The fourth-order valence-corrected chi connectivity index (χ4v) is 4.13. The van der Waals surface area contributed by atoms with E-state index in [0.717, 1.165) is 4.47 Å². The summed E-state index contributed by atoms with van der Waals surface area (Å²) in [6.45, 7) is 4.88. The molecule has 0 spiro atoms. The first-order chi connectivity index (χ1) is 10.9. The van der Waals surface area contributed by atoms with Crippen molar-refractivity contribution in [2.24, 2.45) is 5.92 Å². The molecule has 0 unspecified atom stereocenters. The van der Waals surface area contributed by atoms with E-state index in [1.807, 2.05) is 18.2 Å². The van der Waals surface area contributed by atoms with E-state index in [0.29, 0.717) is 17.4 Å². The van der Waals surface area contributed by atoms with Gasteiger partial charge in [-0.15, -0.1) is 0 Å². The molecule has 2 rings (SSSR count). The van der Waals surface area contributed by atoms with Crippen molar-refractivity contribution < 1.29 is 13.7 Å². The average molecular weight is 397 g/mol. The lowest BCUT2D eigenvalue weighted by Gasteiger charge is -2.19. The first-order valence-electron chi connectivity index (χ1n) is 7.77. The second-order valence-corrected chi connectivity index (χ2v) is 9.00. The SMILES string of the molecule is CC(C)[C@@H]([NH2+]CCS(=O)(=O)c1ccc(Br)cc1)c1ccccc1. The fourth-order valence-electron chi connectivity index (χ4n) is 2.63. The summed E-state index contributed by atoms with van der Waals surface area (Å²) in [6.07, 6.45) is 0. The fraction of sp³-hybridized carbons (Fsp3) is 0.333. The van der Waals surface area contributed by atoms with E-state index in [9.17, 15) is 8.42 Å². The Morgan fingerprint density at radius 3 is 2.17 bits per heavy atom. The molecular formula is C18H23BrNO2S+. The molecule has 1 atom stereocenters. The summed E-state index contributed by atoms with van der Waals surface area (Å²) >= 11 is 3.32. The van der Waals surface area contributed by atoms with Crippen LogP contribution in [0, 0.1) is 5.92 Å². The van der Waals surface area contributed by atoms with Crippen molar-refractivity contribution in [2.45, 2.75) is 24.8 Å². The van der Waals surface area contributed by atoms with Crippen LogP contribution in [0.4, 0.5) is 0 Å². The predicted octanol–water partition coefficient (Wildman–Crippen LogP) is 3.18. The van der Waals surface area contributed by atoms with Crippen molar-refractivity contribution in [3.05, 3.63) is 64.6 Å². The minimum atomic E-state index is -3.23. The van der Waals surface area contributed by atoms with Crippen molar-refractivity contribution in [3.8, 4) is 0 Å². The lowest BCUT2D eigenvalue weighted by molar-refractivity contribution is -0.698. The van der Waals surface area contributed by atoms with Crippen LogP contribution in [-0.2, 0) is 9.84 Å². The second-order valence-electron chi connectivity index (χ2n) is 5.98.